The van der Waals surface area contributed by atoms with Crippen molar-refractivity contribution in [1.82, 2.24) is 9.38 Å². The molecule has 1 aromatic carbocycles. The van der Waals surface area contributed by atoms with Crippen LogP contribution in [0.1, 0.15) is 5.82 Å². The van der Waals surface area contributed by atoms with Crippen molar-refractivity contribution in [1.29, 1.82) is 0 Å². The van der Waals surface area contributed by atoms with E-state index in [0.717, 1.165) is 27.6 Å². The number of pyridine rings is 1. The number of benzene rings is 1. The molecule has 0 radical (unpaired) electrons. The molecule has 5 heteroatoms. The third-order valence-electron chi connectivity index (χ3n) is 2.96. The zero-order valence-corrected chi connectivity index (χ0v) is 11.6. The van der Waals surface area contributed by atoms with Crippen LogP contribution in [0, 0.1) is 18.6 Å². The van der Waals surface area contributed by atoms with Gasteiger partial charge in [0.15, 0.2) is 0 Å². The van der Waals surface area contributed by atoms with E-state index in [1.54, 1.807) is 0 Å². The molecular formula is C14H9BrF2N2. The Hall–Kier alpha value is -1.75. The molecule has 0 N–H and O–H groups in total. The van der Waals surface area contributed by atoms with Gasteiger partial charge in [-0.05, 0) is 52.2 Å². The number of imidazole rings is 1. The molecule has 0 atom stereocenters. The number of halogens is 3. The molecule has 0 aliphatic carbocycles. The van der Waals surface area contributed by atoms with Crippen molar-refractivity contribution < 1.29 is 8.78 Å². The maximum Gasteiger partial charge on any atom is 0.132 e. The fourth-order valence-electron chi connectivity index (χ4n) is 2.08. The number of aryl methyl sites for hydroxylation is 1. The van der Waals surface area contributed by atoms with Crippen LogP contribution in [-0.2, 0) is 0 Å². The highest BCUT2D eigenvalue weighted by atomic mass is 79.9. The van der Waals surface area contributed by atoms with Crippen molar-refractivity contribution in [2.24, 2.45) is 0 Å². The number of aromatic nitrogens is 2. The van der Waals surface area contributed by atoms with Crippen LogP contribution in [0.15, 0.2) is 41.1 Å². The van der Waals surface area contributed by atoms with Gasteiger partial charge in [-0.1, -0.05) is 6.07 Å². The summed E-state index contributed by atoms with van der Waals surface area (Å²) in [6.45, 7) is 1.87. The molecule has 0 saturated carbocycles. The monoisotopic (exact) mass is 322 g/mol. The summed E-state index contributed by atoms with van der Waals surface area (Å²) in [6, 6.07) is 7.16. The van der Waals surface area contributed by atoms with Gasteiger partial charge in [0.05, 0.1) is 5.52 Å². The molecule has 2 nitrogen and oxygen atoms in total. The first-order chi connectivity index (χ1) is 9.04. The number of hydrogen-bond donors (Lipinski definition) is 0. The van der Waals surface area contributed by atoms with Crippen LogP contribution in [0.5, 0.6) is 0 Å². The van der Waals surface area contributed by atoms with Gasteiger partial charge in [0, 0.05) is 12.3 Å². The lowest BCUT2D eigenvalue weighted by atomic mass is 10.1. The van der Waals surface area contributed by atoms with E-state index in [0.29, 0.717) is 5.56 Å². The topological polar surface area (TPSA) is 17.3 Å². The standard InChI is InChI=1S/C14H9BrF2N2/c1-8-18-14(15)13-3-2-9(7-19(8)13)10-4-11(16)6-12(17)5-10/h2-7H,1H3. The van der Waals surface area contributed by atoms with Crippen molar-refractivity contribution >= 4 is 21.4 Å². The normalized spacial score (nSPS) is 11.2. The van der Waals surface area contributed by atoms with Gasteiger partial charge in [0.25, 0.3) is 0 Å². The van der Waals surface area contributed by atoms with Crippen molar-refractivity contribution in [3.63, 3.8) is 0 Å². The Labute approximate surface area is 116 Å². The highest BCUT2D eigenvalue weighted by Gasteiger charge is 2.08. The number of rotatable bonds is 1. The van der Waals surface area contributed by atoms with Gasteiger partial charge in [0.1, 0.15) is 22.1 Å². The fourth-order valence-corrected chi connectivity index (χ4v) is 2.66. The quantitative estimate of drug-likeness (QED) is 0.651. The van der Waals surface area contributed by atoms with Crippen LogP contribution in [0.4, 0.5) is 8.78 Å². The Kier molecular flexibility index (Phi) is 2.86. The first-order valence-corrected chi connectivity index (χ1v) is 6.44. The maximum absolute atomic E-state index is 13.2. The summed E-state index contributed by atoms with van der Waals surface area (Å²) in [4.78, 5) is 4.29. The SMILES string of the molecule is Cc1nc(Br)c2ccc(-c3cc(F)cc(F)c3)cn12. The molecule has 0 bridgehead atoms. The minimum atomic E-state index is -0.585. The Morgan fingerprint density at radius 3 is 2.42 bits per heavy atom. The van der Waals surface area contributed by atoms with Gasteiger partial charge >= 0.3 is 0 Å². The van der Waals surface area contributed by atoms with Crippen LogP contribution in [0.2, 0.25) is 0 Å². The minimum absolute atomic E-state index is 0.503. The number of nitrogens with zero attached hydrogens (tertiary/aromatic N) is 2. The third-order valence-corrected chi connectivity index (χ3v) is 3.55. The summed E-state index contributed by atoms with van der Waals surface area (Å²) in [5.41, 5.74) is 2.15. The second-order valence-electron chi connectivity index (χ2n) is 4.28. The lowest BCUT2D eigenvalue weighted by Crippen LogP contribution is -1.90. The predicted octanol–water partition coefficient (Wildman–Crippen LogP) is 4.35. The van der Waals surface area contributed by atoms with Gasteiger partial charge in [0.2, 0.25) is 0 Å². The van der Waals surface area contributed by atoms with Crippen LogP contribution in [-0.4, -0.2) is 9.38 Å². The molecule has 3 rings (SSSR count). The second kappa shape index (κ2) is 4.42. The van der Waals surface area contributed by atoms with E-state index >= 15 is 0 Å². The molecule has 0 amide bonds. The van der Waals surface area contributed by atoms with Crippen molar-refractivity contribution in [3.05, 3.63) is 58.6 Å². The molecule has 0 aliphatic rings. The molecule has 3 aromatic rings. The number of hydrogen-bond acceptors (Lipinski definition) is 1. The summed E-state index contributed by atoms with van der Waals surface area (Å²) in [5.74, 6) is -0.363. The highest BCUT2D eigenvalue weighted by Crippen LogP contribution is 2.25. The summed E-state index contributed by atoms with van der Waals surface area (Å²) < 4.78 is 29.1. The lowest BCUT2D eigenvalue weighted by Gasteiger charge is -2.05. The average molecular weight is 323 g/mol. The fraction of sp³-hybridized carbons (Fsp3) is 0.0714. The molecule has 0 aliphatic heterocycles. The van der Waals surface area contributed by atoms with E-state index in [9.17, 15) is 8.78 Å². The molecule has 2 aromatic heterocycles. The zero-order chi connectivity index (χ0) is 13.6. The maximum atomic E-state index is 13.2. The van der Waals surface area contributed by atoms with Crippen LogP contribution >= 0.6 is 15.9 Å². The van der Waals surface area contributed by atoms with Gasteiger partial charge < -0.3 is 4.40 Å². The van der Waals surface area contributed by atoms with Crippen molar-refractivity contribution in [2.75, 3.05) is 0 Å². The highest BCUT2D eigenvalue weighted by molar-refractivity contribution is 9.10. The molecule has 0 fully saturated rings. The third kappa shape index (κ3) is 2.14. The average Bonchev–Trinajstić information content (AvgIpc) is 2.63. The predicted molar refractivity (Wildman–Crippen MR) is 73.0 cm³/mol. The van der Waals surface area contributed by atoms with Gasteiger partial charge in [-0.25, -0.2) is 13.8 Å². The molecule has 0 spiro atoms. The van der Waals surface area contributed by atoms with Crippen LogP contribution in [0.3, 0.4) is 0 Å². The lowest BCUT2D eigenvalue weighted by molar-refractivity contribution is 0.584. The van der Waals surface area contributed by atoms with Crippen molar-refractivity contribution in [3.8, 4) is 11.1 Å². The Morgan fingerprint density at radius 1 is 1.05 bits per heavy atom. The summed E-state index contributed by atoms with van der Waals surface area (Å²) in [7, 11) is 0. The van der Waals surface area contributed by atoms with Gasteiger partial charge in [-0.2, -0.15) is 0 Å². The Morgan fingerprint density at radius 2 is 1.74 bits per heavy atom. The first-order valence-electron chi connectivity index (χ1n) is 5.65. The van der Waals surface area contributed by atoms with E-state index in [4.69, 9.17) is 0 Å². The Bertz CT molecular complexity index is 760. The van der Waals surface area contributed by atoms with Gasteiger partial charge in [-0.3, -0.25) is 0 Å². The van der Waals surface area contributed by atoms with Crippen molar-refractivity contribution in [2.45, 2.75) is 6.92 Å². The molecule has 0 unspecified atom stereocenters. The van der Waals surface area contributed by atoms with E-state index in [1.807, 2.05) is 29.7 Å². The smallest absolute Gasteiger partial charge is 0.132 e. The Balaban J connectivity index is 2.22. The van der Waals surface area contributed by atoms with E-state index in [2.05, 4.69) is 20.9 Å². The summed E-state index contributed by atoms with van der Waals surface area (Å²) >= 11 is 3.37. The second-order valence-corrected chi connectivity index (χ2v) is 5.03. The molecule has 96 valence electrons. The van der Waals surface area contributed by atoms with E-state index < -0.39 is 11.6 Å². The molecule has 19 heavy (non-hydrogen) atoms. The minimum Gasteiger partial charge on any atom is -0.302 e. The molecule has 0 saturated heterocycles. The zero-order valence-electron chi connectivity index (χ0n) is 9.99. The van der Waals surface area contributed by atoms with Crippen LogP contribution in [0.25, 0.3) is 16.6 Å². The molecular weight excluding hydrogens is 314 g/mol. The van der Waals surface area contributed by atoms with Crippen LogP contribution < -0.4 is 0 Å². The largest absolute Gasteiger partial charge is 0.302 e. The molecule has 2 heterocycles. The van der Waals surface area contributed by atoms with E-state index in [-0.39, 0.29) is 0 Å². The summed E-state index contributed by atoms with van der Waals surface area (Å²) in [6.07, 6.45) is 1.82. The summed E-state index contributed by atoms with van der Waals surface area (Å²) in [5, 5.41) is 0. The first kappa shape index (κ1) is 12.3. The van der Waals surface area contributed by atoms with E-state index in [1.165, 1.54) is 12.1 Å². The van der Waals surface area contributed by atoms with Gasteiger partial charge in [-0.15, -0.1) is 0 Å². The number of fused-ring (bicyclic) bond motifs is 1.